The number of nitrogens with zero attached hydrogens (tertiary/aromatic N) is 6. The summed E-state index contributed by atoms with van der Waals surface area (Å²) in [6.07, 6.45) is 4.74. The SMILES string of the molecule is C[C@@H]1COCCN1c1cc(C2(S(C)(=O)=O)CC2)c2c(I)nc(-c3ccnn3PI)n2n1. The lowest BCUT2D eigenvalue weighted by Gasteiger charge is -2.34. The number of hydrogen-bond donors (Lipinski definition) is 0. The van der Waals surface area contributed by atoms with Crippen molar-refractivity contribution in [3.05, 3.63) is 27.6 Å². The van der Waals surface area contributed by atoms with Crippen LogP contribution in [0.25, 0.3) is 17.0 Å². The average molecular weight is 686 g/mol. The Kier molecular flexibility index (Phi) is 5.76. The third kappa shape index (κ3) is 3.60. The summed E-state index contributed by atoms with van der Waals surface area (Å²) in [5.74, 6) is 1.43. The number of imidazole rings is 1. The van der Waals surface area contributed by atoms with Gasteiger partial charge in [0, 0.05) is 18.4 Å². The minimum Gasteiger partial charge on any atom is -0.377 e. The Bertz CT molecular complexity index is 1270. The van der Waals surface area contributed by atoms with Gasteiger partial charge in [0.2, 0.25) is 0 Å². The fourth-order valence-corrected chi connectivity index (χ4v) is 7.93. The van der Waals surface area contributed by atoms with Crippen molar-refractivity contribution in [1.82, 2.24) is 24.1 Å². The molecule has 3 aromatic heterocycles. The van der Waals surface area contributed by atoms with E-state index in [2.05, 4.69) is 61.6 Å². The Hall–Kier alpha value is -0.570. The van der Waals surface area contributed by atoms with Gasteiger partial charge in [-0.05, 0) is 76.5 Å². The first-order valence-electron chi connectivity index (χ1n) is 9.81. The molecule has 3 aromatic rings. The van der Waals surface area contributed by atoms with E-state index in [-0.39, 0.29) is 6.04 Å². The number of sulfone groups is 1. The number of hydrogen-bond acceptors (Lipinski definition) is 7. The molecule has 1 saturated carbocycles. The van der Waals surface area contributed by atoms with Crippen LogP contribution in [0.3, 0.4) is 0 Å². The van der Waals surface area contributed by atoms with Crippen molar-refractivity contribution in [2.24, 2.45) is 0 Å². The molecule has 31 heavy (non-hydrogen) atoms. The molecule has 0 radical (unpaired) electrons. The molecule has 0 aromatic carbocycles. The number of halogens is 2. The van der Waals surface area contributed by atoms with E-state index in [1.807, 2.05) is 21.1 Å². The normalized spacial score (nSPS) is 21.4. The van der Waals surface area contributed by atoms with Gasteiger partial charge in [0.25, 0.3) is 0 Å². The molecule has 0 bridgehead atoms. The van der Waals surface area contributed by atoms with Crippen molar-refractivity contribution in [1.29, 1.82) is 0 Å². The largest absolute Gasteiger partial charge is 0.377 e. The van der Waals surface area contributed by atoms with Crippen molar-refractivity contribution < 1.29 is 13.2 Å². The lowest BCUT2D eigenvalue weighted by atomic mass is 10.1. The standard InChI is InChI=1S/C18H21I2N6O3PS/c1-11-10-29-8-7-24(11)14-9-12(18(4-5-18)31(2,27)28)15-16(19)22-17(25(15)23-14)13-3-6-21-26(13)30-20/h3,6,9,11,30H,4-5,7-8,10H2,1-2H3/t11-/m1/s1. The van der Waals surface area contributed by atoms with E-state index in [9.17, 15) is 8.42 Å². The van der Waals surface area contributed by atoms with Crippen molar-refractivity contribution in [2.45, 2.75) is 30.6 Å². The molecule has 9 nitrogen and oxygen atoms in total. The zero-order valence-corrected chi connectivity index (χ0v) is 23.0. The molecule has 4 heterocycles. The van der Waals surface area contributed by atoms with E-state index >= 15 is 0 Å². The monoisotopic (exact) mass is 686 g/mol. The van der Waals surface area contributed by atoms with Gasteiger partial charge in [-0.2, -0.15) is 5.10 Å². The van der Waals surface area contributed by atoms with Gasteiger partial charge >= 0.3 is 0 Å². The highest BCUT2D eigenvalue weighted by Gasteiger charge is 2.55. The zero-order chi connectivity index (χ0) is 22.0. The third-order valence-electron chi connectivity index (χ3n) is 6.06. The van der Waals surface area contributed by atoms with E-state index in [4.69, 9.17) is 14.8 Å². The molecule has 13 heteroatoms. The zero-order valence-electron chi connectivity index (χ0n) is 16.9. The highest BCUT2D eigenvalue weighted by Crippen LogP contribution is 2.54. The molecule has 2 aliphatic rings. The quantitative estimate of drug-likeness (QED) is 0.301. The van der Waals surface area contributed by atoms with Crippen LogP contribution in [-0.2, 0) is 19.3 Å². The second-order valence-electron chi connectivity index (χ2n) is 8.00. The number of anilines is 1. The van der Waals surface area contributed by atoms with Crippen LogP contribution < -0.4 is 4.90 Å². The highest BCUT2D eigenvalue weighted by atomic mass is 127. The van der Waals surface area contributed by atoms with Crippen LogP contribution in [0.2, 0.25) is 0 Å². The van der Waals surface area contributed by atoms with Crippen LogP contribution in [-0.4, -0.2) is 64.6 Å². The summed E-state index contributed by atoms with van der Waals surface area (Å²) in [7, 11) is -3.30. The van der Waals surface area contributed by atoms with Gasteiger partial charge in [-0.25, -0.2) is 22.4 Å². The number of rotatable bonds is 5. The van der Waals surface area contributed by atoms with Gasteiger partial charge < -0.3 is 9.64 Å². The van der Waals surface area contributed by atoms with Gasteiger partial charge in [0.05, 0.1) is 36.6 Å². The first-order chi connectivity index (χ1) is 14.8. The molecule has 1 aliphatic heterocycles. The van der Waals surface area contributed by atoms with Crippen molar-refractivity contribution in [3.63, 3.8) is 0 Å². The smallest absolute Gasteiger partial charge is 0.181 e. The van der Waals surface area contributed by atoms with Gasteiger partial charge in [-0.1, -0.05) is 0 Å². The first-order valence-corrected chi connectivity index (χ1v) is 16.8. The fraction of sp³-hybridized carbons (Fsp3) is 0.500. The average Bonchev–Trinajstić information content (AvgIpc) is 3.32. The molecule has 1 aliphatic carbocycles. The summed E-state index contributed by atoms with van der Waals surface area (Å²) in [6, 6.07) is 4.04. The van der Waals surface area contributed by atoms with Crippen molar-refractivity contribution in [2.75, 3.05) is 30.9 Å². The molecule has 1 saturated heterocycles. The second kappa shape index (κ2) is 8.03. The second-order valence-corrected chi connectivity index (χ2v) is 13.4. The Labute approximate surface area is 208 Å². The minimum absolute atomic E-state index is 0.146. The van der Waals surface area contributed by atoms with Crippen LogP contribution in [0, 0.1) is 3.70 Å². The molecule has 2 atom stereocenters. The maximum atomic E-state index is 12.9. The molecular weight excluding hydrogens is 665 g/mol. The maximum Gasteiger partial charge on any atom is 0.181 e. The van der Waals surface area contributed by atoms with E-state index in [0.717, 1.165) is 26.3 Å². The van der Waals surface area contributed by atoms with Gasteiger partial charge in [-0.15, -0.1) is 5.10 Å². The maximum absolute atomic E-state index is 12.9. The summed E-state index contributed by atoms with van der Waals surface area (Å²) in [5, 5.41) is 9.36. The predicted molar refractivity (Wildman–Crippen MR) is 138 cm³/mol. The predicted octanol–water partition coefficient (Wildman–Crippen LogP) is 3.25. The van der Waals surface area contributed by atoms with Gasteiger partial charge in [-0.3, -0.25) is 0 Å². The Morgan fingerprint density at radius 1 is 1.35 bits per heavy atom. The molecule has 1 unspecified atom stereocenters. The lowest BCUT2D eigenvalue weighted by Crippen LogP contribution is -2.44. The van der Waals surface area contributed by atoms with Crippen LogP contribution in [0.4, 0.5) is 5.82 Å². The van der Waals surface area contributed by atoms with Crippen LogP contribution in [0.15, 0.2) is 18.3 Å². The molecule has 0 N–H and O–H groups in total. The van der Waals surface area contributed by atoms with E-state index in [1.54, 1.807) is 6.20 Å². The summed E-state index contributed by atoms with van der Waals surface area (Å²) in [6.45, 7) is 4.04. The summed E-state index contributed by atoms with van der Waals surface area (Å²) >= 11 is 4.47. The molecule has 5 rings (SSSR count). The van der Waals surface area contributed by atoms with E-state index in [0.29, 0.717) is 44.8 Å². The Morgan fingerprint density at radius 2 is 2.13 bits per heavy atom. The van der Waals surface area contributed by atoms with Crippen molar-refractivity contribution >= 4 is 72.2 Å². The summed E-state index contributed by atoms with van der Waals surface area (Å²) < 4.78 is 34.9. The van der Waals surface area contributed by atoms with E-state index in [1.165, 1.54) is 6.26 Å². The van der Waals surface area contributed by atoms with E-state index < -0.39 is 14.6 Å². The molecule has 0 amide bonds. The Morgan fingerprint density at radius 3 is 2.77 bits per heavy atom. The Balaban J connectivity index is 1.81. The third-order valence-corrected chi connectivity index (χ3v) is 10.7. The molecule has 2 fully saturated rings. The van der Waals surface area contributed by atoms with Gasteiger partial charge in [0.1, 0.15) is 20.7 Å². The number of ether oxygens (including phenoxy) is 1. The van der Waals surface area contributed by atoms with Crippen LogP contribution in [0.1, 0.15) is 25.3 Å². The number of aromatic nitrogens is 5. The molecule has 166 valence electrons. The first kappa shape index (κ1) is 22.2. The number of morpholine rings is 1. The topological polar surface area (TPSA) is 94.6 Å². The summed E-state index contributed by atoms with van der Waals surface area (Å²) in [5.41, 5.74) is 2.43. The van der Waals surface area contributed by atoms with Crippen LogP contribution in [0.5, 0.6) is 0 Å². The number of fused-ring (bicyclic) bond motifs is 1. The van der Waals surface area contributed by atoms with Gasteiger partial charge in [0.15, 0.2) is 15.7 Å². The fourth-order valence-electron chi connectivity index (χ4n) is 4.25. The minimum atomic E-state index is -3.30. The highest BCUT2D eigenvalue weighted by molar-refractivity contribution is 14.2. The van der Waals surface area contributed by atoms with Crippen LogP contribution >= 0.6 is 51.0 Å². The molecular formula is C18H21I2N6O3PS. The van der Waals surface area contributed by atoms with Crippen molar-refractivity contribution in [3.8, 4) is 11.5 Å². The molecule has 0 spiro atoms. The lowest BCUT2D eigenvalue weighted by molar-refractivity contribution is 0.0984. The summed E-state index contributed by atoms with van der Waals surface area (Å²) in [4.78, 5) is 7.01.